The van der Waals surface area contributed by atoms with Crippen LogP contribution in [0.25, 0.3) is 0 Å². The van der Waals surface area contributed by atoms with Crippen LogP contribution in [0.2, 0.25) is 0 Å². The van der Waals surface area contributed by atoms with Gasteiger partial charge in [0, 0.05) is 5.57 Å². The van der Waals surface area contributed by atoms with E-state index in [1.54, 1.807) is 6.08 Å². The molecule has 0 atom stereocenters. The molecule has 0 amide bonds. The second-order valence-corrected chi connectivity index (χ2v) is 3.90. The Kier molecular flexibility index (Phi) is 1.72. The first kappa shape index (κ1) is 9.45. The molecule has 0 fully saturated rings. The van der Waals surface area contributed by atoms with Gasteiger partial charge in [-0.3, -0.25) is 0 Å². The zero-order chi connectivity index (χ0) is 12.0. The molecule has 17 heavy (non-hydrogen) atoms. The Morgan fingerprint density at radius 2 is 1.82 bits per heavy atom. The second-order valence-electron chi connectivity index (χ2n) is 3.90. The number of nitriles is 2. The molecule has 0 unspecified atom stereocenters. The number of fused-ring (bicyclic) bond motifs is 3. The summed E-state index contributed by atoms with van der Waals surface area (Å²) in [6, 6.07) is 4.12. The molecule has 3 aliphatic carbocycles. The maximum atomic E-state index is 9.21. The Bertz CT molecular complexity index is 708. The normalized spacial score (nSPS) is 20.2. The van der Waals surface area contributed by atoms with Crippen molar-refractivity contribution in [2.75, 3.05) is 0 Å². The molecule has 0 spiro atoms. The lowest BCUT2D eigenvalue weighted by Gasteiger charge is -2.25. The maximum absolute atomic E-state index is 9.21. The number of hydrogen-bond donors (Lipinski definition) is 1. The van der Waals surface area contributed by atoms with E-state index in [0.717, 1.165) is 22.3 Å². The molecular formula is C14H7N3. The zero-order valence-electron chi connectivity index (χ0n) is 8.86. The summed E-state index contributed by atoms with van der Waals surface area (Å²) in [6.45, 7) is 0. The molecule has 3 rings (SSSR count). The predicted octanol–water partition coefficient (Wildman–Crippen LogP) is 1.92. The minimum atomic E-state index is 0.267. The molecule has 0 aromatic heterocycles. The predicted molar refractivity (Wildman–Crippen MR) is 62.9 cm³/mol. The van der Waals surface area contributed by atoms with Crippen LogP contribution < -0.4 is 5.73 Å². The smallest absolute Gasteiger partial charge is 0.102 e. The number of rotatable bonds is 0. The monoisotopic (exact) mass is 217 g/mol. The SMILES string of the molecule is N#CC1=C(N)C(C#N)=C2C3=CC=CC3=C2C=C1. The van der Waals surface area contributed by atoms with Crippen molar-refractivity contribution in [2.45, 2.75) is 0 Å². The summed E-state index contributed by atoms with van der Waals surface area (Å²) < 4.78 is 0. The van der Waals surface area contributed by atoms with E-state index >= 15 is 0 Å². The van der Waals surface area contributed by atoms with E-state index in [9.17, 15) is 5.26 Å². The molecule has 0 bridgehead atoms. The molecule has 3 aliphatic rings. The average molecular weight is 217 g/mol. The molecule has 0 aromatic rings. The third kappa shape index (κ3) is 1.03. The van der Waals surface area contributed by atoms with Crippen LogP contribution in [0.1, 0.15) is 0 Å². The second kappa shape index (κ2) is 3.10. The molecule has 0 radical (unpaired) electrons. The Morgan fingerprint density at radius 1 is 1.00 bits per heavy atom. The molecule has 0 heterocycles. The minimum Gasteiger partial charge on any atom is -0.397 e. The van der Waals surface area contributed by atoms with Gasteiger partial charge in [0.15, 0.2) is 0 Å². The molecule has 0 saturated heterocycles. The minimum absolute atomic E-state index is 0.267. The van der Waals surface area contributed by atoms with E-state index in [2.05, 4.69) is 6.07 Å². The number of nitrogens with two attached hydrogens (primary N) is 1. The van der Waals surface area contributed by atoms with Gasteiger partial charge < -0.3 is 5.73 Å². The maximum Gasteiger partial charge on any atom is 0.102 e. The van der Waals surface area contributed by atoms with Crippen molar-refractivity contribution in [1.82, 2.24) is 0 Å². The van der Waals surface area contributed by atoms with Crippen LogP contribution >= 0.6 is 0 Å². The van der Waals surface area contributed by atoms with Gasteiger partial charge in [0.05, 0.1) is 16.8 Å². The summed E-state index contributed by atoms with van der Waals surface area (Å²) in [5.74, 6) is 0. The van der Waals surface area contributed by atoms with Gasteiger partial charge in [0.2, 0.25) is 0 Å². The van der Waals surface area contributed by atoms with Crippen LogP contribution in [0.15, 0.2) is 69.5 Å². The van der Waals surface area contributed by atoms with Crippen LogP contribution in [0.4, 0.5) is 0 Å². The summed E-state index contributed by atoms with van der Waals surface area (Å²) in [5, 5.41) is 18.2. The van der Waals surface area contributed by atoms with E-state index in [-0.39, 0.29) is 5.70 Å². The van der Waals surface area contributed by atoms with Crippen LogP contribution in [0.5, 0.6) is 0 Å². The van der Waals surface area contributed by atoms with Gasteiger partial charge in [0.1, 0.15) is 12.1 Å². The highest BCUT2D eigenvalue weighted by Crippen LogP contribution is 2.47. The van der Waals surface area contributed by atoms with Gasteiger partial charge in [-0.05, 0) is 22.8 Å². The first-order chi connectivity index (χ1) is 8.27. The van der Waals surface area contributed by atoms with E-state index < -0.39 is 0 Å². The van der Waals surface area contributed by atoms with E-state index in [1.807, 2.05) is 30.4 Å². The average Bonchev–Trinajstić information content (AvgIpc) is 2.69. The lowest BCUT2D eigenvalue weighted by Crippen LogP contribution is -2.13. The van der Waals surface area contributed by atoms with E-state index in [1.165, 1.54) is 0 Å². The molecule has 2 N–H and O–H groups in total. The summed E-state index contributed by atoms with van der Waals surface area (Å²) in [6.07, 6.45) is 9.44. The molecule has 0 aromatic carbocycles. The highest BCUT2D eigenvalue weighted by Gasteiger charge is 2.33. The molecule has 0 aliphatic heterocycles. The van der Waals surface area contributed by atoms with Gasteiger partial charge in [-0.15, -0.1) is 0 Å². The van der Waals surface area contributed by atoms with E-state index in [0.29, 0.717) is 11.1 Å². The topological polar surface area (TPSA) is 73.6 Å². The van der Waals surface area contributed by atoms with Gasteiger partial charge in [0.25, 0.3) is 0 Å². The van der Waals surface area contributed by atoms with E-state index in [4.69, 9.17) is 11.0 Å². The van der Waals surface area contributed by atoms with Crippen molar-refractivity contribution >= 4 is 0 Å². The highest BCUT2D eigenvalue weighted by atomic mass is 14.6. The van der Waals surface area contributed by atoms with Crippen molar-refractivity contribution in [2.24, 2.45) is 5.73 Å². The van der Waals surface area contributed by atoms with Crippen molar-refractivity contribution in [1.29, 1.82) is 10.5 Å². The summed E-state index contributed by atoms with van der Waals surface area (Å²) in [5.41, 5.74) is 10.9. The third-order valence-corrected chi connectivity index (χ3v) is 3.10. The Hall–Kier alpha value is -2.78. The van der Waals surface area contributed by atoms with Gasteiger partial charge >= 0.3 is 0 Å². The lowest BCUT2D eigenvalue weighted by molar-refractivity contribution is 1.22. The summed E-state index contributed by atoms with van der Waals surface area (Å²) in [4.78, 5) is 0. The van der Waals surface area contributed by atoms with Crippen molar-refractivity contribution < 1.29 is 0 Å². The first-order valence-electron chi connectivity index (χ1n) is 5.14. The molecule has 3 heteroatoms. The Morgan fingerprint density at radius 3 is 2.53 bits per heavy atom. The van der Waals surface area contributed by atoms with Crippen LogP contribution in [-0.2, 0) is 0 Å². The fraction of sp³-hybridized carbons (Fsp3) is 0. The van der Waals surface area contributed by atoms with Gasteiger partial charge in [-0.2, -0.15) is 10.5 Å². The summed E-state index contributed by atoms with van der Waals surface area (Å²) in [7, 11) is 0. The quantitative estimate of drug-likeness (QED) is 0.673. The highest BCUT2D eigenvalue weighted by molar-refractivity contribution is 5.84. The van der Waals surface area contributed by atoms with Crippen LogP contribution in [0.3, 0.4) is 0 Å². The number of hydrogen-bond acceptors (Lipinski definition) is 3. The standard InChI is InChI=1S/C14H7N3/c15-6-8-4-5-11-9-2-1-3-10(9)13(11)12(7-16)14(8)17/h1-5H,17H2. The van der Waals surface area contributed by atoms with Gasteiger partial charge in [-0.1, -0.05) is 24.3 Å². The Balaban J connectivity index is 2.35. The molecule has 3 nitrogen and oxygen atoms in total. The molecule has 0 saturated carbocycles. The fourth-order valence-corrected chi connectivity index (χ4v) is 2.27. The molecule has 78 valence electrons. The number of nitrogens with zero attached hydrogens (tertiary/aromatic N) is 2. The third-order valence-electron chi connectivity index (χ3n) is 3.10. The number of allylic oxidation sites excluding steroid dienone is 11. The summed E-state index contributed by atoms with van der Waals surface area (Å²) >= 11 is 0. The fourth-order valence-electron chi connectivity index (χ4n) is 2.27. The van der Waals surface area contributed by atoms with Crippen molar-refractivity contribution in [3.05, 3.63) is 69.5 Å². The van der Waals surface area contributed by atoms with Crippen LogP contribution in [0, 0.1) is 22.7 Å². The molecular weight excluding hydrogens is 210 g/mol. The van der Waals surface area contributed by atoms with Gasteiger partial charge in [-0.25, -0.2) is 0 Å². The van der Waals surface area contributed by atoms with Crippen molar-refractivity contribution in [3.8, 4) is 12.1 Å². The van der Waals surface area contributed by atoms with Crippen LogP contribution in [-0.4, -0.2) is 0 Å². The first-order valence-corrected chi connectivity index (χ1v) is 5.14. The lowest BCUT2D eigenvalue weighted by atomic mass is 9.77. The Labute approximate surface area is 98.5 Å². The van der Waals surface area contributed by atoms with Crippen molar-refractivity contribution in [3.63, 3.8) is 0 Å². The largest absolute Gasteiger partial charge is 0.397 e. The zero-order valence-corrected chi connectivity index (χ0v) is 8.86.